The van der Waals surface area contributed by atoms with Crippen molar-refractivity contribution in [1.29, 1.82) is 0 Å². The highest BCUT2D eigenvalue weighted by molar-refractivity contribution is 6.07. The molecule has 0 aliphatic rings. The lowest BCUT2D eigenvalue weighted by Crippen LogP contribution is -2.14. The quantitative estimate of drug-likeness (QED) is 0.555. The number of amides is 1. The minimum absolute atomic E-state index is 0.252. The van der Waals surface area contributed by atoms with Gasteiger partial charge >= 0.3 is 0 Å². The third-order valence-corrected chi connectivity index (χ3v) is 4.87. The van der Waals surface area contributed by atoms with Crippen LogP contribution in [0.2, 0.25) is 0 Å². The fourth-order valence-electron chi connectivity index (χ4n) is 3.31. The predicted octanol–water partition coefficient (Wildman–Crippen LogP) is 5.05. The highest BCUT2D eigenvalue weighted by Crippen LogP contribution is 2.30. The van der Waals surface area contributed by atoms with Gasteiger partial charge in [-0.15, -0.1) is 0 Å². The maximum Gasteiger partial charge on any atom is 0.291 e. The number of nitrogens with zero attached hydrogens (tertiary/aromatic N) is 2. The number of carbonyl (C=O) groups is 1. The molecule has 0 aliphatic carbocycles. The molecule has 5 nitrogen and oxygen atoms in total. The van der Waals surface area contributed by atoms with Crippen LogP contribution in [0.3, 0.4) is 0 Å². The normalized spacial score (nSPS) is 11.1. The van der Waals surface area contributed by atoms with Crippen molar-refractivity contribution in [2.75, 3.05) is 5.32 Å². The topological polar surface area (TPSA) is 60.1 Å². The monoisotopic (exact) mass is 359 g/mol. The van der Waals surface area contributed by atoms with Gasteiger partial charge in [-0.25, -0.2) is 4.68 Å². The van der Waals surface area contributed by atoms with Gasteiger partial charge in [-0.1, -0.05) is 19.1 Å². The van der Waals surface area contributed by atoms with E-state index in [2.05, 4.69) is 23.4 Å². The highest BCUT2D eigenvalue weighted by Gasteiger charge is 2.21. The van der Waals surface area contributed by atoms with Crippen LogP contribution < -0.4 is 5.32 Å². The first-order valence-electron chi connectivity index (χ1n) is 9.01. The molecule has 0 unspecified atom stereocenters. The van der Waals surface area contributed by atoms with E-state index in [0.717, 1.165) is 34.2 Å². The molecule has 0 radical (unpaired) electrons. The highest BCUT2D eigenvalue weighted by atomic mass is 16.3. The number of rotatable bonds is 4. The summed E-state index contributed by atoms with van der Waals surface area (Å²) in [6.07, 6.45) is 4.27. The van der Waals surface area contributed by atoms with Crippen LogP contribution in [0, 0.1) is 13.8 Å². The summed E-state index contributed by atoms with van der Waals surface area (Å²) in [7, 11) is 0. The van der Waals surface area contributed by atoms with E-state index in [0.29, 0.717) is 11.4 Å². The summed E-state index contributed by atoms with van der Waals surface area (Å²) in [5, 5.41) is 8.25. The minimum atomic E-state index is -0.252. The lowest BCUT2D eigenvalue weighted by molar-refractivity contribution is 0.0997. The summed E-state index contributed by atoms with van der Waals surface area (Å²) in [5.74, 6) is 0.116. The molecule has 1 amide bonds. The zero-order chi connectivity index (χ0) is 19.0. The number of aryl methyl sites for hydroxylation is 3. The maximum atomic E-state index is 13.0. The van der Waals surface area contributed by atoms with Crippen LogP contribution in [0.1, 0.15) is 34.2 Å². The van der Waals surface area contributed by atoms with E-state index in [-0.39, 0.29) is 5.91 Å². The Morgan fingerprint density at radius 3 is 2.67 bits per heavy atom. The maximum absolute atomic E-state index is 13.0. The molecule has 4 rings (SSSR count). The number of anilines is 1. The van der Waals surface area contributed by atoms with E-state index in [4.69, 9.17) is 4.42 Å². The fourth-order valence-corrected chi connectivity index (χ4v) is 3.31. The fraction of sp³-hybridized carbons (Fsp3) is 0.182. The molecule has 4 aromatic rings. The molecule has 0 spiro atoms. The molecular weight excluding hydrogens is 338 g/mol. The van der Waals surface area contributed by atoms with Crippen LogP contribution in [0.15, 0.2) is 59.3 Å². The number of fused-ring (bicyclic) bond motifs is 1. The summed E-state index contributed by atoms with van der Waals surface area (Å²) < 4.78 is 7.68. The van der Waals surface area contributed by atoms with Crippen LogP contribution in [-0.4, -0.2) is 15.7 Å². The molecule has 0 aliphatic heterocycles. The van der Waals surface area contributed by atoms with Gasteiger partial charge in [0.15, 0.2) is 5.76 Å². The Hall–Kier alpha value is -3.34. The van der Waals surface area contributed by atoms with Crippen LogP contribution in [0.25, 0.3) is 16.7 Å². The lowest BCUT2D eigenvalue weighted by atomic mass is 10.0. The van der Waals surface area contributed by atoms with Crippen molar-refractivity contribution in [2.45, 2.75) is 27.2 Å². The number of hydrogen-bond acceptors (Lipinski definition) is 3. The Morgan fingerprint density at radius 2 is 1.93 bits per heavy atom. The zero-order valence-electron chi connectivity index (χ0n) is 15.6. The molecule has 27 heavy (non-hydrogen) atoms. The van der Waals surface area contributed by atoms with Gasteiger partial charge in [-0.3, -0.25) is 4.79 Å². The van der Waals surface area contributed by atoms with E-state index < -0.39 is 0 Å². The number of aromatic nitrogens is 2. The Bertz CT molecular complexity index is 1120. The third kappa shape index (κ3) is 3.01. The van der Waals surface area contributed by atoms with Gasteiger partial charge < -0.3 is 9.73 Å². The molecule has 0 atom stereocenters. The largest absolute Gasteiger partial charge is 0.451 e. The van der Waals surface area contributed by atoms with Crippen LogP contribution in [0.4, 0.5) is 5.69 Å². The SMILES string of the molecule is CCc1c(C(=O)Nc2ccccc2-n2cccn2)oc2cc(C)c(C)cc12. The molecule has 0 bridgehead atoms. The van der Waals surface area contributed by atoms with Gasteiger partial charge in [-0.05, 0) is 61.7 Å². The van der Waals surface area contributed by atoms with Crippen molar-refractivity contribution in [3.8, 4) is 5.69 Å². The average Bonchev–Trinajstić information content (AvgIpc) is 3.30. The van der Waals surface area contributed by atoms with Gasteiger partial charge in [-0.2, -0.15) is 5.10 Å². The average molecular weight is 359 g/mol. The molecule has 0 saturated heterocycles. The number of benzene rings is 2. The van der Waals surface area contributed by atoms with Crippen LogP contribution in [-0.2, 0) is 6.42 Å². The van der Waals surface area contributed by atoms with Crippen molar-refractivity contribution >= 4 is 22.6 Å². The van der Waals surface area contributed by atoms with Crippen molar-refractivity contribution in [3.05, 3.63) is 77.3 Å². The van der Waals surface area contributed by atoms with Crippen LogP contribution >= 0.6 is 0 Å². The Morgan fingerprint density at radius 1 is 1.15 bits per heavy atom. The molecule has 0 fully saturated rings. The van der Waals surface area contributed by atoms with Crippen molar-refractivity contribution in [3.63, 3.8) is 0 Å². The first-order valence-corrected chi connectivity index (χ1v) is 9.01. The Labute approximate surface area is 157 Å². The second-order valence-corrected chi connectivity index (χ2v) is 6.62. The summed E-state index contributed by atoms with van der Waals surface area (Å²) in [5.41, 5.74) is 5.50. The van der Waals surface area contributed by atoms with Crippen molar-refractivity contribution in [1.82, 2.24) is 9.78 Å². The first-order chi connectivity index (χ1) is 13.1. The van der Waals surface area contributed by atoms with Gasteiger partial charge in [0.1, 0.15) is 5.58 Å². The first kappa shape index (κ1) is 17.1. The van der Waals surface area contributed by atoms with Crippen LogP contribution in [0.5, 0.6) is 0 Å². The predicted molar refractivity (Wildman–Crippen MR) is 107 cm³/mol. The second-order valence-electron chi connectivity index (χ2n) is 6.62. The zero-order valence-corrected chi connectivity index (χ0v) is 15.6. The molecule has 5 heteroatoms. The Kier molecular flexibility index (Phi) is 4.28. The standard InChI is InChI=1S/C22H21N3O2/c1-4-16-17-12-14(2)15(3)13-20(17)27-21(16)22(26)24-18-8-5-6-9-19(18)25-11-7-10-23-25/h5-13H,4H2,1-3H3,(H,24,26). The van der Waals surface area contributed by atoms with E-state index in [1.54, 1.807) is 10.9 Å². The molecule has 0 saturated carbocycles. The number of para-hydroxylation sites is 2. The van der Waals surface area contributed by atoms with Gasteiger partial charge in [0.2, 0.25) is 0 Å². The van der Waals surface area contributed by atoms with Crippen molar-refractivity contribution in [2.24, 2.45) is 0 Å². The van der Waals surface area contributed by atoms with Crippen molar-refractivity contribution < 1.29 is 9.21 Å². The van der Waals surface area contributed by atoms with E-state index in [1.807, 2.05) is 56.4 Å². The van der Waals surface area contributed by atoms with Gasteiger partial charge in [0.25, 0.3) is 5.91 Å². The minimum Gasteiger partial charge on any atom is -0.451 e. The second kappa shape index (κ2) is 6.76. The van der Waals surface area contributed by atoms with E-state index in [1.165, 1.54) is 5.56 Å². The third-order valence-electron chi connectivity index (χ3n) is 4.87. The summed E-state index contributed by atoms with van der Waals surface area (Å²) >= 11 is 0. The van der Waals surface area contributed by atoms with E-state index in [9.17, 15) is 4.79 Å². The van der Waals surface area contributed by atoms with Gasteiger partial charge in [0, 0.05) is 23.3 Å². The number of furan rings is 1. The molecule has 1 N–H and O–H groups in total. The number of hydrogen-bond donors (Lipinski definition) is 1. The Balaban J connectivity index is 1.75. The summed E-state index contributed by atoms with van der Waals surface area (Å²) in [4.78, 5) is 13.0. The number of carbonyl (C=O) groups excluding carboxylic acids is 1. The molecule has 2 heterocycles. The molecular formula is C22H21N3O2. The summed E-state index contributed by atoms with van der Waals surface area (Å²) in [6.45, 7) is 6.15. The lowest BCUT2D eigenvalue weighted by Gasteiger charge is -2.10. The van der Waals surface area contributed by atoms with E-state index >= 15 is 0 Å². The molecule has 2 aromatic carbocycles. The van der Waals surface area contributed by atoms with Gasteiger partial charge in [0.05, 0.1) is 11.4 Å². The molecule has 2 aromatic heterocycles. The molecule has 136 valence electrons. The smallest absolute Gasteiger partial charge is 0.291 e. The summed E-state index contributed by atoms with van der Waals surface area (Å²) in [6, 6.07) is 13.5. The number of nitrogens with one attached hydrogen (secondary N) is 1.